The minimum absolute atomic E-state index is 0.771. The number of morpholine rings is 3. The Hall–Kier alpha value is -3.72. The number of rotatable bonds is 8. The van der Waals surface area contributed by atoms with Crippen LogP contribution in [0.25, 0.3) is 5.76 Å². The van der Waals surface area contributed by atoms with Gasteiger partial charge in [0, 0.05) is 73.3 Å². The van der Waals surface area contributed by atoms with Crippen LogP contribution < -0.4 is 19.6 Å². The first-order chi connectivity index (χ1) is 20.7. The standard InChI is InChI=1S/C34H42N4O4/c1-27(34(39-2)28-3-5-29(6-4-28)35-15-21-40-22-16-35)38(32-11-7-30(8-12-32)36-17-23-41-24-18-36)33-13-9-31(10-14-33)37-19-25-42-26-20-37/h3-14H,15-26H2,1-2H3/b34-27+. The van der Waals surface area contributed by atoms with Crippen LogP contribution >= 0.6 is 0 Å². The predicted octanol–water partition coefficient (Wildman–Crippen LogP) is 5.37. The first-order valence-corrected chi connectivity index (χ1v) is 15.0. The average molecular weight is 571 g/mol. The third kappa shape index (κ3) is 6.36. The lowest BCUT2D eigenvalue weighted by Gasteiger charge is -2.32. The Bertz CT molecular complexity index is 1250. The summed E-state index contributed by atoms with van der Waals surface area (Å²) in [6.07, 6.45) is 0. The van der Waals surface area contributed by atoms with E-state index < -0.39 is 0 Å². The summed E-state index contributed by atoms with van der Waals surface area (Å²) < 4.78 is 22.8. The number of allylic oxidation sites excluding steroid dienone is 1. The fourth-order valence-electron chi connectivity index (χ4n) is 6.03. The molecule has 8 nitrogen and oxygen atoms in total. The minimum Gasteiger partial charge on any atom is -0.494 e. The van der Waals surface area contributed by atoms with Crippen LogP contribution in [-0.2, 0) is 18.9 Å². The van der Waals surface area contributed by atoms with Gasteiger partial charge in [-0.2, -0.15) is 0 Å². The first kappa shape index (κ1) is 28.4. The Morgan fingerprint density at radius 2 is 0.881 bits per heavy atom. The second-order valence-corrected chi connectivity index (χ2v) is 10.8. The van der Waals surface area contributed by atoms with Gasteiger partial charge in [0.05, 0.1) is 52.4 Å². The number of methoxy groups -OCH3 is 1. The molecule has 0 N–H and O–H groups in total. The summed E-state index contributed by atoms with van der Waals surface area (Å²) >= 11 is 0. The highest BCUT2D eigenvalue weighted by atomic mass is 16.5. The van der Waals surface area contributed by atoms with Gasteiger partial charge in [0.25, 0.3) is 0 Å². The van der Waals surface area contributed by atoms with Crippen molar-refractivity contribution in [2.24, 2.45) is 0 Å². The van der Waals surface area contributed by atoms with Crippen molar-refractivity contribution in [1.29, 1.82) is 0 Å². The Labute approximate surface area is 249 Å². The molecule has 8 heteroatoms. The Balaban J connectivity index is 1.33. The summed E-state index contributed by atoms with van der Waals surface area (Å²) in [5.74, 6) is 0.845. The van der Waals surface area contributed by atoms with Gasteiger partial charge in [0.2, 0.25) is 0 Å². The molecule has 42 heavy (non-hydrogen) atoms. The summed E-state index contributed by atoms with van der Waals surface area (Å²) in [5.41, 5.74) is 7.89. The van der Waals surface area contributed by atoms with E-state index in [1.54, 1.807) is 7.11 Å². The van der Waals surface area contributed by atoms with Gasteiger partial charge in [-0.1, -0.05) is 0 Å². The monoisotopic (exact) mass is 570 g/mol. The first-order valence-electron chi connectivity index (χ1n) is 15.0. The maximum absolute atomic E-state index is 6.11. The van der Waals surface area contributed by atoms with Crippen LogP contribution in [0, 0.1) is 0 Å². The van der Waals surface area contributed by atoms with Gasteiger partial charge in [-0.05, 0) is 79.7 Å². The largest absolute Gasteiger partial charge is 0.494 e. The molecular formula is C34H42N4O4. The van der Waals surface area contributed by atoms with Gasteiger partial charge in [-0.15, -0.1) is 0 Å². The second kappa shape index (κ2) is 13.5. The molecule has 3 aromatic carbocycles. The number of anilines is 5. The molecule has 0 bridgehead atoms. The van der Waals surface area contributed by atoms with E-state index in [1.807, 2.05) is 0 Å². The predicted molar refractivity (Wildman–Crippen MR) is 170 cm³/mol. The molecule has 0 aliphatic carbocycles. The third-order valence-electron chi connectivity index (χ3n) is 8.34. The van der Waals surface area contributed by atoms with Gasteiger partial charge in [-0.25, -0.2) is 0 Å². The molecule has 3 aromatic rings. The van der Waals surface area contributed by atoms with Crippen molar-refractivity contribution >= 4 is 34.2 Å². The number of hydrogen-bond donors (Lipinski definition) is 0. The van der Waals surface area contributed by atoms with E-state index in [0.717, 1.165) is 107 Å². The minimum atomic E-state index is 0.771. The van der Waals surface area contributed by atoms with Crippen molar-refractivity contribution < 1.29 is 18.9 Å². The van der Waals surface area contributed by atoms with E-state index in [9.17, 15) is 0 Å². The molecule has 0 atom stereocenters. The maximum atomic E-state index is 6.11. The zero-order chi connectivity index (χ0) is 28.7. The average Bonchev–Trinajstić information content (AvgIpc) is 3.07. The van der Waals surface area contributed by atoms with Gasteiger partial charge in [0.1, 0.15) is 5.76 Å². The SMILES string of the molecule is CO/C(=C(\C)N(c1ccc(N2CCOCC2)cc1)c1ccc(N2CCOCC2)cc1)c1ccc(N2CCOCC2)cc1. The van der Waals surface area contributed by atoms with Gasteiger partial charge >= 0.3 is 0 Å². The molecule has 6 rings (SSSR count). The summed E-state index contributed by atoms with van der Waals surface area (Å²) in [6.45, 7) is 12.3. The van der Waals surface area contributed by atoms with Crippen molar-refractivity contribution in [3.05, 3.63) is 84.1 Å². The molecule has 0 unspecified atom stereocenters. The fraction of sp³-hybridized carbons (Fsp3) is 0.412. The Morgan fingerprint density at radius 1 is 0.548 bits per heavy atom. The molecule has 3 aliphatic rings. The zero-order valence-electron chi connectivity index (χ0n) is 24.8. The van der Waals surface area contributed by atoms with Crippen LogP contribution in [-0.4, -0.2) is 86.0 Å². The summed E-state index contributed by atoms with van der Waals surface area (Å²) in [6, 6.07) is 26.4. The number of ether oxygens (including phenoxy) is 4. The van der Waals surface area contributed by atoms with Gasteiger partial charge < -0.3 is 38.5 Å². The van der Waals surface area contributed by atoms with Crippen molar-refractivity contribution in [3.63, 3.8) is 0 Å². The Morgan fingerprint density at radius 3 is 1.21 bits per heavy atom. The summed E-state index contributed by atoms with van der Waals surface area (Å²) in [4.78, 5) is 9.43. The zero-order valence-corrected chi connectivity index (χ0v) is 24.8. The summed E-state index contributed by atoms with van der Waals surface area (Å²) in [5, 5.41) is 0. The molecule has 0 saturated carbocycles. The second-order valence-electron chi connectivity index (χ2n) is 10.8. The molecular weight excluding hydrogens is 528 g/mol. The highest BCUT2D eigenvalue weighted by Gasteiger charge is 2.20. The smallest absolute Gasteiger partial charge is 0.145 e. The van der Waals surface area contributed by atoms with Crippen molar-refractivity contribution in [3.8, 4) is 0 Å². The summed E-state index contributed by atoms with van der Waals surface area (Å²) in [7, 11) is 1.76. The lowest BCUT2D eigenvalue weighted by atomic mass is 10.1. The van der Waals surface area contributed by atoms with Crippen molar-refractivity contribution in [2.75, 3.05) is 106 Å². The van der Waals surface area contributed by atoms with Crippen LogP contribution in [0.4, 0.5) is 28.4 Å². The molecule has 0 amide bonds. The molecule has 0 aromatic heterocycles. The van der Waals surface area contributed by atoms with E-state index >= 15 is 0 Å². The van der Waals surface area contributed by atoms with E-state index in [0.29, 0.717) is 0 Å². The molecule has 222 valence electrons. The molecule has 3 fully saturated rings. The van der Waals surface area contributed by atoms with Crippen molar-refractivity contribution in [1.82, 2.24) is 0 Å². The highest BCUT2D eigenvalue weighted by Crippen LogP contribution is 2.36. The van der Waals surface area contributed by atoms with Crippen molar-refractivity contribution in [2.45, 2.75) is 6.92 Å². The van der Waals surface area contributed by atoms with Crippen LogP contribution in [0.2, 0.25) is 0 Å². The Kier molecular flexibility index (Phi) is 9.13. The lowest BCUT2D eigenvalue weighted by molar-refractivity contribution is 0.122. The van der Waals surface area contributed by atoms with Gasteiger partial charge in [0.15, 0.2) is 0 Å². The molecule has 3 aliphatic heterocycles. The van der Waals surface area contributed by atoms with E-state index in [2.05, 4.69) is 99.3 Å². The van der Waals surface area contributed by atoms with E-state index in [4.69, 9.17) is 18.9 Å². The third-order valence-corrected chi connectivity index (χ3v) is 8.34. The molecule has 3 saturated heterocycles. The molecule has 0 radical (unpaired) electrons. The quantitative estimate of drug-likeness (QED) is 0.335. The van der Waals surface area contributed by atoms with Gasteiger partial charge in [-0.3, -0.25) is 0 Å². The lowest BCUT2D eigenvalue weighted by Crippen LogP contribution is -2.36. The molecule has 3 heterocycles. The number of nitrogens with zero attached hydrogens (tertiary/aromatic N) is 4. The van der Waals surface area contributed by atoms with Crippen LogP contribution in [0.1, 0.15) is 12.5 Å². The van der Waals surface area contributed by atoms with Crippen LogP contribution in [0.3, 0.4) is 0 Å². The number of hydrogen-bond acceptors (Lipinski definition) is 8. The topological polar surface area (TPSA) is 49.9 Å². The maximum Gasteiger partial charge on any atom is 0.145 e. The normalized spacial score (nSPS) is 18.5. The number of benzene rings is 3. The fourth-order valence-corrected chi connectivity index (χ4v) is 6.03. The van der Waals surface area contributed by atoms with E-state index in [1.165, 1.54) is 17.1 Å². The molecule has 0 spiro atoms. The van der Waals surface area contributed by atoms with E-state index in [-0.39, 0.29) is 0 Å². The highest BCUT2D eigenvalue weighted by molar-refractivity contribution is 5.78. The van der Waals surface area contributed by atoms with Crippen LogP contribution in [0.5, 0.6) is 0 Å². The van der Waals surface area contributed by atoms with Crippen LogP contribution in [0.15, 0.2) is 78.5 Å².